The third kappa shape index (κ3) is 5.94. The maximum absolute atomic E-state index is 12.7. The van der Waals surface area contributed by atoms with Crippen molar-refractivity contribution in [1.29, 1.82) is 0 Å². The van der Waals surface area contributed by atoms with Crippen molar-refractivity contribution in [1.82, 2.24) is 5.32 Å². The largest absolute Gasteiger partial charge is 0.508 e. The van der Waals surface area contributed by atoms with E-state index in [1.807, 2.05) is 42.5 Å². The molecule has 3 rings (SSSR count). The first kappa shape index (κ1) is 19.6. The third-order valence-corrected chi connectivity index (χ3v) is 4.01. The molecular formula is C24H20N2O3. The molecule has 0 aliphatic rings. The van der Waals surface area contributed by atoms with Crippen LogP contribution in [0.25, 0.3) is 6.08 Å². The molecule has 0 bridgehead atoms. The highest BCUT2D eigenvalue weighted by Crippen LogP contribution is 2.14. The van der Waals surface area contributed by atoms with Gasteiger partial charge in [-0.1, -0.05) is 60.7 Å². The molecule has 2 amide bonds. The summed E-state index contributed by atoms with van der Waals surface area (Å²) in [5.41, 5.74) is 2.01. The average Bonchev–Trinajstić information content (AvgIpc) is 2.76. The van der Waals surface area contributed by atoms with Crippen LogP contribution in [-0.2, 0) is 4.79 Å². The summed E-state index contributed by atoms with van der Waals surface area (Å²) in [6.45, 7) is 0. The number of allylic oxidation sites excluding steroid dienone is 2. The fourth-order valence-electron chi connectivity index (χ4n) is 2.52. The van der Waals surface area contributed by atoms with Gasteiger partial charge in [0.2, 0.25) is 0 Å². The second kappa shape index (κ2) is 9.71. The number of amides is 2. The number of hydrogen-bond acceptors (Lipinski definition) is 3. The van der Waals surface area contributed by atoms with Crippen LogP contribution in [0, 0.1) is 0 Å². The molecule has 3 aromatic carbocycles. The van der Waals surface area contributed by atoms with Crippen LogP contribution in [0.1, 0.15) is 15.9 Å². The highest BCUT2D eigenvalue weighted by molar-refractivity contribution is 6.08. The van der Waals surface area contributed by atoms with E-state index in [9.17, 15) is 14.7 Å². The van der Waals surface area contributed by atoms with Gasteiger partial charge in [-0.15, -0.1) is 0 Å². The molecule has 0 saturated carbocycles. The monoisotopic (exact) mass is 384 g/mol. The van der Waals surface area contributed by atoms with Crippen LogP contribution < -0.4 is 10.6 Å². The SMILES string of the molecule is O=C(Nc1ccc(O)cc1)/C(=C/C=C/c1ccccc1)NC(=O)c1ccccc1. The van der Waals surface area contributed by atoms with Crippen LogP contribution in [-0.4, -0.2) is 16.9 Å². The quantitative estimate of drug-likeness (QED) is 0.336. The minimum atomic E-state index is -0.474. The Morgan fingerprint density at radius 2 is 1.41 bits per heavy atom. The fourth-order valence-corrected chi connectivity index (χ4v) is 2.52. The summed E-state index contributed by atoms with van der Waals surface area (Å²) >= 11 is 0. The molecule has 5 nitrogen and oxygen atoms in total. The van der Waals surface area contributed by atoms with E-state index in [0.717, 1.165) is 5.56 Å². The number of carbonyl (C=O) groups is 2. The van der Waals surface area contributed by atoms with Gasteiger partial charge in [-0.2, -0.15) is 0 Å². The number of carbonyl (C=O) groups excluding carboxylic acids is 2. The van der Waals surface area contributed by atoms with Gasteiger partial charge in [0.15, 0.2) is 0 Å². The molecule has 0 unspecified atom stereocenters. The number of benzene rings is 3. The molecule has 0 aromatic heterocycles. The summed E-state index contributed by atoms with van der Waals surface area (Å²) in [5.74, 6) is -0.759. The summed E-state index contributed by atoms with van der Waals surface area (Å²) in [7, 11) is 0. The number of hydrogen-bond donors (Lipinski definition) is 3. The molecule has 0 radical (unpaired) electrons. The minimum Gasteiger partial charge on any atom is -0.508 e. The predicted molar refractivity (Wildman–Crippen MR) is 114 cm³/mol. The average molecular weight is 384 g/mol. The molecule has 3 aromatic rings. The Bertz CT molecular complexity index is 1020. The molecule has 0 heterocycles. The normalized spacial score (nSPS) is 11.2. The lowest BCUT2D eigenvalue weighted by Gasteiger charge is -2.10. The van der Waals surface area contributed by atoms with Crippen LogP contribution >= 0.6 is 0 Å². The second-order valence-corrected chi connectivity index (χ2v) is 6.17. The van der Waals surface area contributed by atoms with Crippen molar-refractivity contribution in [3.05, 3.63) is 114 Å². The van der Waals surface area contributed by atoms with Crippen LogP contribution in [0.15, 0.2) is 103 Å². The summed E-state index contributed by atoms with van der Waals surface area (Å²) in [6.07, 6.45) is 5.08. The van der Waals surface area contributed by atoms with Crippen molar-refractivity contribution < 1.29 is 14.7 Å². The zero-order valence-corrected chi connectivity index (χ0v) is 15.6. The van der Waals surface area contributed by atoms with Gasteiger partial charge in [0.25, 0.3) is 11.8 Å². The summed E-state index contributed by atoms with van der Waals surface area (Å²) in [4.78, 5) is 25.2. The summed E-state index contributed by atoms with van der Waals surface area (Å²) in [6, 6.07) is 24.4. The third-order valence-electron chi connectivity index (χ3n) is 4.01. The van der Waals surface area contributed by atoms with Crippen LogP contribution in [0.4, 0.5) is 5.69 Å². The number of phenolic OH excluding ortho intramolecular Hbond substituents is 1. The Kier molecular flexibility index (Phi) is 6.58. The second-order valence-electron chi connectivity index (χ2n) is 6.17. The van der Waals surface area contributed by atoms with E-state index in [4.69, 9.17) is 0 Å². The topological polar surface area (TPSA) is 78.4 Å². The first-order chi connectivity index (χ1) is 14.1. The molecule has 3 N–H and O–H groups in total. The highest BCUT2D eigenvalue weighted by Gasteiger charge is 2.14. The Balaban J connectivity index is 1.80. The van der Waals surface area contributed by atoms with E-state index < -0.39 is 5.91 Å². The van der Waals surface area contributed by atoms with E-state index >= 15 is 0 Å². The molecule has 0 aliphatic carbocycles. The smallest absolute Gasteiger partial charge is 0.272 e. The van der Waals surface area contributed by atoms with Gasteiger partial charge in [-0.05, 0) is 48.0 Å². The van der Waals surface area contributed by atoms with Crippen molar-refractivity contribution in [2.75, 3.05) is 5.32 Å². The molecule has 5 heteroatoms. The molecule has 0 aliphatic heterocycles. The zero-order chi connectivity index (χ0) is 20.5. The van der Waals surface area contributed by atoms with Crippen molar-refractivity contribution in [3.8, 4) is 5.75 Å². The number of rotatable bonds is 6. The lowest BCUT2D eigenvalue weighted by molar-refractivity contribution is -0.113. The molecule has 0 spiro atoms. The van der Waals surface area contributed by atoms with E-state index in [1.165, 1.54) is 12.1 Å². The van der Waals surface area contributed by atoms with E-state index in [0.29, 0.717) is 11.3 Å². The first-order valence-electron chi connectivity index (χ1n) is 9.02. The maximum atomic E-state index is 12.7. The zero-order valence-electron chi connectivity index (χ0n) is 15.6. The Morgan fingerprint density at radius 1 is 0.793 bits per heavy atom. The van der Waals surface area contributed by atoms with E-state index in [2.05, 4.69) is 10.6 Å². The predicted octanol–water partition coefficient (Wildman–Crippen LogP) is 4.36. The van der Waals surface area contributed by atoms with E-state index in [1.54, 1.807) is 48.6 Å². The minimum absolute atomic E-state index is 0.0964. The number of anilines is 1. The van der Waals surface area contributed by atoms with Crippen molar-refractivity contribution >= 4 is 23.6 Å². The number of nitrogens with one attached hydrogen (secondary N) is 2. The summed E-state index contributed by atoms with van der Waals surface area (Å²) < 4.78 is 0. The van der Waals surface area contributed by atoms with Crippen LogP contribution in [0.3, 0.4) is 0 Å². The highest BCUT2D eigenvalue weighted by atomic mass is 16.3. The van der Waals surface area contributed by atoms with E-state index in [-0.39, 0.29) is 17.4 Å². The van der Waals surface area contributed by atoms with Crippen molar-refractivity contribution in [2.45, 2.75) is 0 Å². The molecule has 0 saturated heterocycles. The molecule has 0 atom stereocenters. The molecule has 29 heavy (non-hydrogen) atoms. The molecule has 0 fully saturated rings. The van der Waals surface area contributed by atoms with Crippen molar-refractivity contribution in [3.63, 3.8) is 0 Å². The van der Waals surface area contributed by atoms with Gasteiger partial charge in [-0.25, -0.2) is 0 Å². The van der Waals surface area contributed by atoms with Crippen LogP contribution in [0.2, 0.25) is 0 Å². The standard InChI is InChI=1S/C24H20N2O3/c27-21-16-14-20(15-17-21)25-24(29)22(13-7-10-18-8-3-1-4-9-18)26-23(28)19-11-5-2-6-12-19/h1-17,27H,(H,25,29)(H,26,28)/b10-7+,22-13-. The number of aromatic hydroxyl groups is 1. The van der Waals surface area contributed by atoms with Gasteiger partial charge in [0.05, 0.1) is 0 Å². The lowest BCUT2D eigenvalue weighted by atomic mass is 10.2. The Morgan fingerprint density at radius 3 is 2.07 bits per heavy atom. The Hall–Kier alpha value is -4.12. The van der Waals surface area contributed by atoms with Gasteiger partial charge in [0.1, 0.15) is 11.4 Å². The maximum Gasteiger partial charge on any atom is 0.272 e. The fraction of sp³-hybridized carbons (Fsp3) is 0. The Labute approximate surface area is 169 Å². The number of phenols is 1. The molecule has 144 valence electrons. The first-order valence-corrected chi connectivity index (χ1v) is 9.02. The van der Waals surface area contributed by atoms with Gasteiger partial charge < -0.3 is 15.7 Å². The lowest BCUT2D eigenvalue weighted by Crippen LogP contribution is -2.30. The summed E-state index contributed by atoms with van der Waals surface area (Å²) in [5, 5.41) is 14.7. The van der Waals surface area contributed by atoms with Gasteiger partial charge in [-0.3, -0.25) is 9.59 Å². The molecular weight excluding hydrogens is 364 g/mol. The van der Waals surface area contributed by atoms with Gasteiger partial charge >= 0.3 is 0 Å². The van der Waals surface area contributed by atoms with Crippen molar-refractivity contribution in [2.24, 2.45) is 0 Å². The van der Waals surface area contributed by atoms with Crippen LogP contribution in [0.5, 0.6) is 5.75 Å². The van der Waals surface area contributed by atoms with Gasteiger partial charge in [0, 0.05) is 11.3 Å².